The van der Waals surface area contributed by atoms with E-state index in [2.05, 4.69) is 55.2 Å². The molecule has 0 bridgehead atoms. The summed E-state index contributed by atoms with van der Waals surface area (Å²) in [5, 5.41) is 17.8. The molecule has 3 rings (SSSR count). The van der Waals surface area contributed by atoms with Gasteiger partial charge < -0.3 is 9.67 Å². The minimum absolute atomic E-state index is 0.112. The summed E-state index contributed by atoms with van der Waals surface area (Å²) in [7, 11) is 0. The van der Waals surface area contributed by atoms with Crippen LogP contribution >= 0.6 is 0 Å². The van der Waals surface area contributed by atoms with Crippen molar-refractivity contribution in [3.05, 3.63) is 47.0 Å². The summed E-state index contributed by atoms with van der Waals surface area (Å²) in [5.74, 6) is 0.793. The van der Waals surface area contributed by atoms with Crippen molar-refractivity contribution < 1.29 is 9.90 Å². The second-order valence-corrected chi connectivity index (χ2v) is 7.48. The second kappa shape index (κ2) is 6.02. The van der Waals surface area contributed by atoms with Gasteiger partial charge in [0.15, 0.2) is 0 Å². The van der Waals surface area contributed by atoms with Crippen LogP contribution in [0.4, 0.5) is 0 Å². The van der Waals surface area contributed by atoms with E-state index in [1.54, 1.807) is 0 Å². The molecule has 1 aromatic heterocycles. The van der Waals surface area contributed by atoms with Crippen molar-refractivity contribution in [2.75, 3.05) is 0 Å². The van der Waals surface area contributed by atoms with Gasteiger partial charge in [-0.2, -0.15) is 0 Å². The van der Waals surface area contributed by atoms with Crippen molar-refractivity contribution in [3.8, 4) is 0 Å². The number of rotatable bonds is 3. The Morgan fingerprint density at radius 3 is 2.50 bits per heavy atom. The molecular formula is C18H24N4O2. The Balaban J connectivity index is 1.81. The van der Waals surface area contributed by atoms with E-state index < -0.39 is 12.0 Å². The number of hydrogen-bond acceptors (Lipinski definition) is 4. The van der Waals surface area contributed by atoms with E-state index >= 15 is 0 Å². The van der Waals surface area contributed by atoms with Crippen LogP contribution in [0.25, 0.3) is 0 Å². The molecule has 1 aliphatic heterocycles. The van der Waals surface area contributed by atoms with Crippen LogP contribution in [-0.4, -0.2) is 36.8 Å². The number of hydrogen-bond donors (Lipinski definition) is 1. The first-order valence-corrected chi connectivity index (χ1v) is 8.20. The Kier molecular flexibility index (Phi) is 4.17. The first kappa shape index (κ1) is 16.6. The van der Waals surface area contributed by atoms with E-state index in [1.165, 1.54) is 5.56 Å². The summed E-state index contributed by atoms with van der Waals surface area (Å²) in [6.45, 7) is 9.89. The maximum absolute atomic E-state index is 11.7. The van der Waals surface area contributed by atoms with Gasteiger partial charge in [-0.1, -0.05) is 45.0 Å². The molecule has 128 valence electrons. The van der Waals surface area contributed by atoms with Crippen molar-refractivity contribution in [1.82, 2.24) is 19.7 Å². The molecule has 0 spiro atoms. The molecule has 2 heterocycles. The fraction of sp³-hybridized carbons (Fsp3) is 0.500. The number of aromatic nitrogens is 3. The predicted molar refractivity (Wildman–Crippen MR) is 90.6 cm³/mol. The van der Waals surface area contributed by atoms with Gasteiger partial charge >= 0.3 is 5.97 Å². The summed E-state index contributed by atoms with van der Waals surface area (Å²) in [6.07, 6.45) is 0. The van der Waals surface area contributed by atoms with Gasteiger partial charge in [-0.15, -0.1) is 10.2 Å². The number of carboxylic acids is 1. The van der Waals surface area contributed by atoms with Crippen LogP contribution in [0.1, 0.15) is 43.5 Å². The van der Waals surface area contributed by atoms with E-state index in [1.807, 2.05) is 16.4 Å². The van der Waals surface area contributed by atoms with Gasteiger partial charge in [-0.05, 0) is 23.5 Å². The number of fused-ring (bicyclic) bond motifs is 1. The molecule has 0 saturated heterocycles. The SMILES string of the molecule is Cc1nnc2n1CC(C(=O)O)N(Cc1ccc(C(C)(C)C)cc1)C2. The van der Waals surface area contributed by atoms with Gasteiger partial charge in [0.25, 0.3) is 0 Å². The fourth-order valence-electron chi connectivity index (χ4n) is 3.10. The van der Waals surface area contributed by atoms with Crippen LogP contribution in [0.3, 0.4) is 0 Å². The Morgan fingerprint density at radius 2 is 1.92 bits per heavy atom. The van der Waals surface area contributed by atoms with Crippen LogP contribution < -0.4 is 0 Å². The monoisotopic (exact) mass is 328 g/mol. The molecule has 0 aliphatic carbocycles. The van der Waals surface area contributed by atoms with E-state index in [9.17, 15) is 9.90 Å². The standard InChI is InChI=1S/C18H24N4O2/c1-12-19-20-16-11-21(15(17(23)24)10-22(12)16)9-13-5-7-14(8-6-13)18(2,3)4/h5-8,15H,9-11H2,1-4H3,(H,23,24). The largest absolute Gasteiger partial charge is 0.480 e. The van der Waals surface area contributed by atoms with E-state index in [0.29, 0.717) is 19.6 Å². The molecule has 24 heavy (non-hydrogen) atoms. The van der Waals surface area contributed by atoms with Crippen molar-refractivity contribution in [3.63, 3.8) is 0 Å². The summed E-state index contributed by atoms with van der Waals surface area (Å²) in [5.41, 5.74) is 2.50. The highest BCUT2D eigenvalue weighted by molar-refractivity contribution is 5.73. The molecule has 1 unspecified atom stereocenters. The summed E-state index contributed by atoms with van der Waals surface area (Å²) < 4.78 is 1.90. The molecular weight excluding hydrogens is 304 g/mol. The predicted octanol–water partition coefficient (Wildman–Crippen LogP) is 2.35. The van der Waals surface area contributed by atoms with E-state index in [0.717, 1.165) is 17.2 Å². The van der Waals surface area contributed by atoms with Crippen molar-refractivity contribution in [2.45, 2.75) is 58.8 Å². The van der Waals surface area contributed by atoms with E-state index in [-0.39, 0.29) is 5.41 Å². The van der Waals surface area contributed by atoms with Crippen molar-refractivity contribution in [2.24, 2.45) is 0 Å². The quantitative estimate of drug-likeness (QED) is 0.936. The number of nitrogens with zero attached hydrogens (tertiary/aromatic N) is 4. The number of benzene rings is 1. The zero-order valence-corrected chi connectivity index (χ0v) is 14.7. The Labute approximate surface area is 142 Å². The van der Waals surface area contributed by atoms with Crippen LogP contribution in [0, 0.1) is 6.92 Å². The maximum Gasteiger partial charge on any atom is 0.322 e. The number of carboxylic acid groups (broad SMARTS) is 1. The minimum atomic E-state index is -0.805. The summed E-state index contributed by atoms with van der Waals surface area (Å²) in [4.78, 5) is 13.6. The molecule has 6 heteroatoms. The van der Waals surface area contributed by atoms with Gasteiger partial charge in [-0.25, -0.2) is 0 Å². The van der Waals surface area contributed by atoms with Crippen LogP contribution in [0.15, 0.2) is 24.3 Å². The fourth-order valence-corrected chi connectivity index (χ4v) is 3.10. The maximum atomic E-state index is 11.7. The minimum Gasteiger partial charge on any atom is -0.480 e. The Hall–Kier alpha value is -2.21. The Morgan fingerprint density at radius 1 is 1.25 bits per heavy atom. The zero-order chi connectivity index (χ0) is 17.5. The second-order valence-electron chi connectivity index (χ2n) is 7.48. The molecule has 0 fully saturated rings. The molecule has 0 radical (unpaired) electrons. The van der Waals surface area contributed by atoms with Crippen molar-refractivity contribution in [1.29, 1.82) is 0 Å². The first-order valence-electron chi connectivity index (χ1n) is 8.20. The highest BCUT2D eigenvalue weighted by Crippen LogP contribution is 2.24. The first-order chi connectivity index (χ1) is 11.3. The van der Waals surface area contributed by atoms with Gasteiger partial charge in [-0.3, -0.25) is 9.69 Å². The average molecular weight is 328 g/mol. The molecule has 1 aliphatic rings. The average Bonchev–Trinajstić information content (AvgIpc) is 2.86. The van der Waals surface area contributed by atoms with Gasteiger partial charge in [0.2, 0.25) is 0 Å². The normalized spacial score (nSPS) is 18.4. The van der Waals surface area contributed by atoms with Gasteiger partial charge in [0.1, 0.15) is 17.7 Å². The van der Waals surface area contributed by atoms with Gasteiger partial charge in [0.05, 0.1) is 13.1 Å². The molecule has 0 amide bonds. The lowest BCUT2D eigenvalue weighted by molar-refractivity contribution is -0.145. The molecule has 1 N–H and O–H groups in total. The lowest BCUT2D eigenvalue weighted by Crippen LogP contribution is -2.47. The summed E-state index contributed by atoms with van der Waals surface area (Å²) >= 11 is 0. The molecule has 0 saturated carbocycles. The Bertz CT molecular complexity index is 743. The number of aliphatic carboxylic acids is 1. The topological polar surface area (TPSA) is 71.2 Å². The number of carbonyl (C=O) groups is 1. The molecule has 1 atom stereocenters. The zero-order valence-electron chi connectivity index (χ0n) is 14.7. The molecule has 6 nitrogen and oxygen atoms in total. The third-order valence-corrected chi connectivity index (χ3v) is 4.64. The van der Waals surface area contributed by atoms with Crippen LogP contribution in [0.5, 0.6) is 0 Å². The number of aryl methyl sites for hydroxylation is 1. The smallest absolute Gasteiger partial charge is 0.322 e. The van der Waals surface area contributed by atoms with Crippen LogP contribution in [-0.2, 0) is 29.8 Å². The third-order valence-electron chi connectivity index (χ3n) is 4.64. The highest BCUT2D eigenvalue weighted by Gasteiger charge is 2.33. The molecule has 2 aromatic rings. The lowest BCUT2D eigenvalue weighted by Gasteiger charge is -2.33. The van der Waals surface area contributed by atoms with Crippen molar-refractivity contribution >= 4 is 5.97 Å². The summed E-state index contributed by atoms with van der Waals surface area (Å²) in [6, 6.07) is 7.87. The van der Waals surface area contributed by atoms with Crippen LogP contribution in [0.2, 0.25) is 0 Å². The lowest BCUT2D eigenvalue weighted by atomic mass is 9.86. The van der Waals surface area contributed by atoms with Gasteiger partial charge in [0, 0.05) is 6.54 Å². The third kappa shape index (κ3) is 3.19. The highest BCUT2D eigenvalue weighted by atomic mass is 16.4. The molecule has 1 aromatic carbocycles. The van der Waals surface area contributed by atoms with E-state index in [4.69, 9.17) is 0 Å².